The Labute approximate surface area is 615 Å². The minimum atomic E-state index is -0.288. The van der Waals surface area contributed by atoms with Crippen molar-refractivity contribution in [2.24, 2.45) is 0 Å². The number of unbranched alkanes of at least 4 members (excludes halogenated alkanes) is 1. The molecule has 1 atom stereocenters. The number of aromatic amines is 4. The second kappa shape index (κ2) is 51.3. The van der Waals surface area contributed by atoms with E-state index in [0.29, 0.717) is 72.2 Å². The maximum Gasteiger partial charge on any atom is 0.354 e. The van der Waals surface area contributed by atoms with Crippen molar-refractivity contribution in [2.75, 3.05) is 200 Å². The summed E-state index contributed by atoms with van der Waals surface area (Å²) in [5.74, 6) is -1.47. The highest BCUT2D eigenvalue weighted by Gasteiger charge is 2.27. The summed E-state index contributed by atoms with van der Waals surface area (Å²) in [6.45, 7) is 47.9. The lowest BCUT2D eigenvalue weighted by Crippen LogP contribution is -2.51. The average Bonchev–Trinajstić information content (AvgIpc) is 1.30. The van der Waals surface area contributed by atoms with Crippen molar-refractivity contribution >= 4 is 58.5 Å². The Morgan fingerprint density at radius 3 is 0.752 bits per heavy atom. The number of esters is 6. The van der Waals surface area contributed by atoms with Crippen LogP contribution in [-0.2, 0) is 28.4 Å². The number of quaternary nitrogens is 6. The van der Waals surface area contributed by atoms with Gasteiger partial charge in [0.15, 0.2) is 0 Å². The van der Waals surface area contributed by atoms with Crippen LogP contribution in [0.3, 0.4) is 0 Å². The average molecular weight is 1460 g/mol. The molecule has 0 saturated carbocycles. The molecule has 6 aromatic heterocycles. The fourth-order valence-electron chi connectivity index (χ4n) is 11.1. The molecule has 0 saturated heterocycles. The van der Waals surface area contributed by atoms with E-state index in [2.05, 4.69) is 145 Å². The minimum Gasteiger partial charge on any atom is -0.456 e. The molecule has 1 unspecified atom stereocenters. The van der Waals surface area contributed by atoms with Gasteiger partial charge in [0.25, 0.3) is 0 Å². The molecule has 0 fully saturated rings. The largest absolute Gasteiger partial charge is 0.456 e. The SMILES string of the molecule is CCCC[N+](CC)(CCC)CCOC(=O)c1ccc[nH]1.CCC[N+](CC)(CCC)CCOC(=O)c1ccc[nH]1.CC[N+](CC)(CC)CCOC(=O)c1ccc[nH]1.CC[N+](CC)(CC)CCOC(=O)c1cccs1.C[N+](C)(C)CCOC(=O)c1ccc[nH]1.C[N+](C)(C)CCOC(=O)c1cccs1. The van der Waals surface area contributed by atoms with Crippen LogP contribution in [0.1, 0.15) is 176 Å². The monoisotopic (exact) mass is 1450 g/mol. The molecule has 24 heteroatoms. The lowest BCUT2D eigenvalue weighted by atomic mass is 10.2. The Balaban J connectivity index is 0.000000609. The first-order chi connectivity index (χ1) is 48.2. The number of ether oxygens (including phenoxy) is 6. The van der Waals surface area contributed by atoms with Crippen LogP contribution in [0.25, 0.3) is 0 Å². The summed E-state index contributed by atoms with van der Waals surface area (Å²) in [6.07, 6.45) is 12.8. The fourth-order valence-corrected chi connectivity index (χ4v) is 12.3. The van der Waals surface area contributed by atoms with Gasteiger partial charge in [0.05, 0.1) is 121 Å². The molecular weight excluding hydrogens is 1320 g/mol. The van der Waals surface area contributed by atoms with Crippen LogP contribution >= 0.6 is 22.7 Å². The van der Waals surface area contributed by atoms with E-state index in [-0.39, 0.29) is 35.8 Å². The number of nitrogens with one attached hydrogen (secondary N) is 4. The molecule has 0 aliphatic rings. The van der Waals surface area contributed by atoms with Crippen LogP contribution in [0, 0.1) is 0 Å². The van der Waals surface area contributed by atoms with Crippen LogP contribution in [0.5, 0.6) is 0 Å². The maximum atomic E-state index is 11.8. The van der Waals surface area contributed by atoms with Crippen LogP contribution in [0.2, 0.25) is 0 Å². The van der Waals surface area contributed by atoms with Gasteiger partial charge in [0, 0.05) is 24.8 Å². The third kappa shape index (κ3) is 38.3. The highest BCUT2D eigenvalue weighted by Crippen LogP contribution is 2.16. The van der Waals surface area contributed by atoms with Gasteiger partial charge < -0.3 is 75.3 Å². The van der Waals surface area contributed by atoms with Crippen molar-refractivity contribution in [1.82, 2.24) is 19.9 Å². The number of thiophene rings is 2. The van der Waals surface area contributed by atoms with E-state index in [1.165, 1.54) is 61.3 Å². The topological polar surface area (TPSA) is 221 Å². The van der Waals surface area contributed by atoms with E-state index in [1.54, 1.807) is 85.5 Å². The molecule has 6 aromatic rings. The van der Waals surface area contributed by atoms with E-state index in [0.717, 1.165) is 138 Å². The van der Waals surface area contributed by atoms with Crippen LogP contribution in [-0.4, -0.2) is 282 Å². The van der Waals surface area contributed by atoms with Gasteiger partial charge in [-0.15, -0.1) is 22.7 Å². The molecule has 0 aliphatic heterocycles. The van der Waals surface area contributed by atoms with Crippen LogP contribution in [0.4, 0.5) is 0 Å². The number of hydrogen-bond donors (Lipinski definition) is 4. The molecule has 0 aromatic carbocycles. The number of aromatic nitrogens is 4. The van der Waals surface area contributed by atoms with Crippen LogP contribution in [0.15, 0.2) is 108 Å². The van der Waals surface area contributed by atoms with E-state index in [9.17, 15) is 28.8 Å². The maximum absolute atomic E-state index is 11.8. The first-order valence-corrected chi connectivity index (χ1v) is 38.6. The van der Waals surface area contributed by atoms with Crippen LogP contribution < -0.4 is 0 Å². The molecule has 0 spiro atoms. The molecule has 22 nitrogen and oxygen atoms in total. The zero-order valence-electron chi connectivity index (χ0n) is 65.3. The summed E-state index contributed by atoms with van der Waals surface area (Å²) in [4.78, 5) is 82.2. The zero-order valence-corrected chi connectivity index (χ0v) is 66.9. The van der Waals surface area contributed by atoms with E-state index in [4.69, 9.17) is 28.4 Å². The third-order valence-corrected chi connectivity index (χ3v) is 20.0. The second-order valence-electron chi connectivity index (χ2n) is 27.2. The van der Waals surface area contributed by atoms with Crippen molar-refractivity contribution in [3.63, 3.8) is 0 Å². The van der Waals surface area contributed by atoms with Gasteiger partial charge >= 0.3 is 35.8 Å². The Bertz CT molecular complexity index is 2870. The van der Waals surface area contributed by atoms with E-state index in [1.807, 2.05) is 22.9 Å². The molecule has 6 rings (SSSR count). The number of hydrogen-bond acceptors (Lipinski definition) is 14. The Morgan fingerprint density at radius 1 is 0.297 bits per heavy atom. The number of nitrogens with zero attached hydrogens (tertiary/aromatic N) is 6. The number of rotatable bonds is 41. The summed E-state index contributed by atoms with van der Waals surface area (Å²) < 4.78 is 37.2. The Kier molecular flexibility index (Phi) is 46.8. The molecule has 0 amide bonds. The van der Waals surface area contributed by atoms with Gasteiger partial charge in [0.1, 0.15) is 111 Å². The molecule has 6 heterocycles. The first-order valence-electron chi connectivity index (χ1n) is 36.8. The number of H-pyrrole nitrogens is 4. The predicted molar refractivity (Wildman–Crippen MR) is 409 cm³/mol. The van der Waals surface area contributed by atoms with E-state index >= 15 is 0 Å². The normalized spacial score (nSPS) is 11.9. The molecule has 4 N–H and O–H groups in total. The first kappa shape index (κ1) is 92.1. The van der Waals surface area contributed by atoms with Gasteiger partial charge in [-0.1, -0.05) is 46.2 Å². The standard InChI is InChI=1S/C16H28N2O2.C15H26N2O2.C13H22N2O2.C13H22NO2S.C10H16N2O2.C10H16NO2S/c1-4-7-12-18(6-3,11-5-2)13-14-20-16(19)15-9-8-10-17-15;1-4-10-17(6-3,11-5-2)12-13-19-15(18)14-8-7-9-16-14;1-4-15(5-2,6-3)10-11-17-13(16)12-8-7-9-14-12;1-4-14(5-2,6-3)9-10-16-13(15)12-8-7-11-17-12;1-12(2,3)7-8-14-10(13)9-5-4-6-11-9;1-11(2,3)6-7-13-10(12)9-5-4-8-14-9/h8-10H,4-7,11-14H2,1-3H3;7-9H,4-6,10-13H2,1-3H3;7-9H,4-6,10-11H2,1-3H3;7-8,11H,4-6,9-10H2,1-3H3;4-6H,7-8H2,1-3H3;4-5,8H,6-7H2,1-3H3/q;;;+1;;+1/p+4. The molecule has 0 radical (unpaired) electrons. The Morgan fingerprint density at radius 2 is 0.545 bits per heavy atom. The third-order valence-electron chi connectivity index (χ3n) is 18.3. The summed E-state index contributed by atoms with van der Waals surface area (Å²) in [7, 11) is 12.4. The lowest BCUT2D eigenvalue weighted by molar-refractivity contribution is -0.926. The minimum absolute atomic E-state index is 0.193. The molecule has 570 valence electrons. The summed E-state index contributed by atoms with van der Waals surface area (Å²) in [5, 5.41) is 3.76. The summed E-state index contributed by atoms with van der Waals surface area (Å²) >= 11 is 2.84. The van der Waals surface area contributed by atoms with Gasteiger partial charge in [-0.05, 0) is 152 Å². The summed E-state index contributed by atoms with van der Waals surface area (Å²) in [6, 6.07) is 21.4. The molecule has 0 aliphatic carbocycles. The van der Waals surface area contributed by atoms with Crippen molar-refractivity contribution in [1.29, 1.82) is 0 Å². The zero-order chi connectivity index (χ0) is 75.6. The van der Waals surface area contributed by atoms with Gasteiger partial charge in [-0.2, -0.15) is 0 Å². The van der Waals surface area contributed by atoms with Crippen molar-refractivity contribution in [3.05, 3.63) is 141 Å². The highest BCUT2D eigenvalue weighted by atomic mass is 32.1. The Hall–Kier alpha value is -6.90. The lowest BCUT2D eigenvalue weighted by Gasteiger charge is -2.37. The molecule has 101 heavy (non-hydrogen) atoms. The molecular formula is C77H134N10O12S2+6. The highest BCUT2D eigenvalue weighted by molar-refractivity contribution is 7.12. The fraction of sp³-hybridized carbons (Fsp3) is 0.610. The quantitative estimate of drug-likeness (QED) is 0.0160. The van der Waals surface area contributed by atoms with E-state index < -0.39 is 0 Å². The number of carbonyl (C=O) groups is 6. The van der Waals surface area contributed by atoms with Crippen molar-refractivity contribution in [2.45, 2.75) is 115 Å². The summed E-state index contributed by atoms with van der Waals surface area (Å²) in [5.41, 5.74) is 2.09. The number of likely N-dealkylation sites (N-methyl/N-ethyl adjacent to an activating group) is 6. The van der Waals surface area contributed by atoms with Crippen molar-refractivity contribution < 1.29 is 84.1 Å². The smallest absolute Gasteiger partial charge is 0.354 e. The predicted octanol–water partition coefficient (Wildman–Crippen LogP) is 13.4. The second-order valence-corrected chi connectivity index (χ2v) is 29.1. The van der Waals surface area contributed by atoms with Crippen molar-refractivity contribution in [3.8, 4) is 0 Å². The van der Waals surface area contributed by atoms with Gasteiger partial charge in [0.2, 0.25) is 0 Å². The van der Waals surface area contributed by atoms with Gasteiger partial charge in [-0.25, -0.2) is 28.8 Å². The molecule has 0 bridgehead atoms. The number of carbonyl (C=O) groups excluding carboxylic acids is 6. The van der Waals surface area contributed by atoms with Gasteiger partial charge in [-0.3, -0.25) is 0 Å².